The van der Waals surface area contributed by atoms with Crippen molar-refractivity contribution >= 4 is 75.3 Å². The largest absolute Gasteiger partial charge is 0.488 e. The van der Waals surface area contributed by atoms with Crippen LogP contribution in [0.25, 0.3) is 11.1 Å². The second-order valence-corrected chi connectivity index (χ2v) is 20.4. The topological polar surface area (TPSA) is 78.9 Å². The summed E-state index contributed by atoms with van der Waals surface area (Å²) in [6.07, 6.45) is 3.59. The Bertz CT molecular complexity index is 2500. The lowest BCUT2D eigenvalue weighted by Crippen LogP contribution is -2.31. The number of hydrogen-bond acceptors (Lipinski definition) is 6. The van der Waals surface area contributed by atoms with Crippen LogP contribution in [0.2, 0.25) is 10.0 Å². The minimum Gasteiger partial charge on any atom is -0.488 e. The van der Waals surface area contributed by atoms with Gasteiger partial charge in [-0.3, -0.25) is 0 Å². The van der Waals surface area contributed by atoms with E-state index in [-0.39, 0.29) is 77.2 Å². The van der Waals surface area contributed by atoms with Crippen LogP contribution in [0.4, 0.5) is 17.6 Å². The van der Waals surface area contributed by atoms with E-state index in [1.807, 2.05) is 0 Å². The molecule has 6 nitrogen and oxygen atoms in total. The molecule has 0 amide bonds. The quantitative estimate of drug-likeness (QED) is 0.0653. The van der Waals surface area contributed by atoms with Crippen LogP contribution < -0.4 is 41.3 Å². The SMILES string of the molecule is CCOC(=O)COc1c(Cl)ccc(P(=O)(c2ccc(F)cc2)c2ccc(F)cc2)c1-c1c(P(=O)(c2ccc(F)cc2)c2ccc(F)cc2)ccc(Cl)c1OC1CCCCC1. The molecule has 0 atom stereocenters. The Hall–Kier alpha value is -4.85. The van der Waals surface area contributed by atoms with E-state index < -0.39 is 50.1 Å². The van der Waals surface area contributed by atoms with Crippen molar-refractivity contribution in [2.75, 3.05) is 13.2 Å². The summed E-state index contributed by atoms with van der Waals surface area (Å²) in [6, 6.07) is 25.8. The van der Waals surface area contributed by atoms with Gasteiger partial charge in [0.1, 0.15) is 34.8 Å². The van der Waals surface area contributed by atoms with Crippen LogP contribution in [0.5, 0.6) is 11.5 Å². The van der Waals surface area contributed by atoms with Gasteiger partial charge in [0, 0.05) is 43.0 Å². The van der Waals surface area contributed by atoms with Crippen LogP contribution >= 0.6 is 37.5 Å². The Labute approximate surface area is 355 Å². The van der Waals surface area contributed by atoms with E-state index in [4.69, 9.17) is 37.4 Å². The smallest absolute Gasteiger partial charge is 0.344 e. The van der Waals surface area contributed by atoms with Gasteiger partial charge < -0.3 is 23.3 Å². The maximum absolute atomic E-state index is 16.5. The molecule has 6 aromatic rings. The number of hydrogen-bond donors (Lipinski definition) is 0. The molecule has 0 unspecified atom stereocenters. The second-order valence-electron chi connectivity index (χ2n) is 14.1. The number of halogens is 6. The number of esters is 1. The first-order valence-electron chi connectivity index (χ1n) is 19.2. The van der Waals surface area contributed by atoms with Gasteiger partial charge in [0.15, 0.2) is 20.9 Å². The van der Waals surface area contributed by atoms with Crippen molar-refractivity contribution in [3.8, 4) is 22.6 Å². The maximum Gasteiger partial charge on any atom is 0.344 e. The molecule has 1 aliphatic rings. The minimum absolute atomic E-state index is 0.00543. The summed E-state index contributed by atoms with van der Waals surface area (Å²) in [5.74, 6) is -3.38. The molecule has 0 saturated heterocycles. The average molecular weight is 896 g/mol. The molecular weight excluding hydrogens is 857 g/mol. The molecule has 0 radical (unpaired) electrons. The van der Waals surface area contributed by atoms with E-state index >= 15 is 9.13 Å². The molecule has 0 heterocycles. The van der Waals surface area contributed by atoms with Crippen molar-refractivity contribution in [2.24, 2.45) is 0 Å². The Morgan fingerprint density at radius 1 is 0.567 bits per heavy atom. The fraction of sp³-hybridized carbons (Fsp3) is 0.196. The van der Waals surface area contributed by atoms with E-state index in [1.54, 1.807) is 6.92 Å². The molecule has 310 valence electrons. The molecule has 14 heteroatoms. The van der Waals surface area contributed by atoms with Crippen molar-refractivity contribution in [2.45, 2.75) is 45.1 Å². The fourth-order valence-electron chi connectivity index (χ4n) is 7.50. The number of benzene rings is 6. The highest BCUT2D eigenvalue weighted by atomic mass is 35.5. The van der Waals surface area contributed by atoms with E-state index in [1.165, 1.54) is 72.8 Å². The zero-order valence-corrected chi connectivity index (χ0v) is 35.5. The third-order valence-electron chi connectivity index (χ3n) is 10.3. The number of ether oxygens (including phenoxy) is 3. The van der Waals surface area contributed by atoms with Crippen LogP contribution in [-0.4, -0.2) is 25.3 Å². The zero-order valence-electron chi connectivity index (χ0n) is 32.2. The number of rotatable bonds is 13. The molecule has 1 fully saturated rings. The Morgan fingerprint density at radius 2 is 0.933 bits per heavy atom. The van der Waals surface area contributed by atoms with Crippen molar-refractivity contribution in [1.82, 2.24) is 0 Å². The predicted octanol–water partition coefficient (Wildman–Crippen LogP) is 10.1. The summed E-state index contributed by atoms with van der Waals surface area (Å²) < 4.78 is 110. The molecule has 60 heavy (non-hydrogen) atoms. The van der Waals surface area contributed by atoms with Crippen LogP contribution in [0.15, 0.2) is 121 Å². The lowest BCUT2D eigenvalue weighted by atomic mass is 9.97. The summed E-state index contributed by atoms with van der Waals surface area (Å²) >= 11 is 14.2. The van der Waals surface area contributed by atoms with Crippen molar-refractivity contribution in [1.29, 1.82) is 0 Å². The molecule has 1 saturated carbocycles. The molecule has 0 spiro atoms. The van der Waals surface area contributed by atoms with Gasteiger partial charge in [-0.15, -0.1) is 0 Å². The highest BCUT2D eigenvalue weighted by Gasteiger charge is 2.41. The molecule has 6 aromatic carbocycles. The van der Waals surface area contributed by atoms with Crippen LogP contribution in [0.3, 0.4) is 0 Å². The highest BCUT2D eigenvalue weighted by Crippen LogP contribution is 2.55. The van der Waals surface area contributed by atoms with E-state index in [0.29, 0.717) is 12.8 Å². The molecule has 0 bridgehead atoms. The van der Waals surface area contributed by atoms with E-state index in [2.05, 4.69) is 0 Å². The molecular formula is C46H38Cl2F4O6P2. The van der Waals surface area contributed by atoms with Crippen LogP contribution in [0, 0.1) is 23.3 Å². The van der Waals surface area contributed by atoms with Gasteiger partial charge >= 0.3 is 5.97 Å². The summed E-state index contributed by atoms with van der Waals surface area (Å²) in [6.45, 7) is 0.974. The maximum atomic E-state index is 16.5. The molecule has 0 N–H and O–H groups in total. The number of carbonyl (C=O) groups excluding carboxylic acids is 1. The van der Waals surface area contributed by atoms with E-state index in [9.17, 15) is 22.4 Å². The summed E-state index contributed by atoms with van der Waals surface area (Å²) in [5.41, 5.74) is -0.0533. The molecule has 7 rings (SSSR count). The van der Waals surface area contributed by atoms with Crippen LogP contribution in [-0.2, 0) is 18.7 Å². The van der Waals surface area contributed by atoms with Crippen LogP contribution in [0.1, 0.15) is 39.0 Å². The lowest BCUT2D eigenvalue weighted by molar-refractivity contribution is -0.145. The van der Waals surface area contributed by atoms with Gasteiger partial charge in [-0.25, -0.2) is 22.4 Å². The third-order valence-corrected chi connectivity index (χ3v) is 17.1. The predicted molar refractivity (Wildman–Crippen MR) is 230 cm³/mol. The summed E-state index contributed by atoms with van der Waals surface area (Å²) in [7, 11) is -8.59. The van der Waals surface area contributed by atoms with Gasteiger partial charge in [-0.2, -0.15) is 0 Å². The Kier molecular flexibility index (Phi) is 13.3. The molecule has 1 aliphatic carbocycles. The molecule has 0 aromatic heterocycles. The first kappa shape index (κ1) is 43.2. The van der Waals surface area contributed by atoms with Gasteiger partial charge in [0.25, 0.3) is 0 Å². The first-order chi connectivity index (χ1) is 28.8. The van der Waals surface area contributed by atoms with Gasteiger partial charge in [-0.1, -0.05) is 29.6 Å². The summed E-state index contributed by atoms with van der Waals surface area (Å²) in [4.78, 5) is 12.9. The van der Waals surface area contributed by atoms with Gasteiger partial charge in [0.05, 0.1) is 22.8 Å². The summed E-state index contributed by atoms with van der Waals surface area (Å²) in [5, 5.41) is 0.528. The van der Waals surface area contributed by atoms with Crippen molar-refractivity contribution < 1.29 is 45.7 Å². The van der Waals surface area contributed by atoms with Crippen molar-refractivity contribution in [3.63, 3.8) is 0 Å². The average Bonchev–Trinajstić information content (AvgIpc) is 3.25. The highest BCUT2D eigenvalue weighted by molar-refractivity contribution is 7.86. The first-order valence-corrected chi connectivity index (χ1v) is 23.4. The standard InChI is InChI=1S/C46H38Cl2F4O6P2/c1-2-56-42(53)28-57-45-38(47)24-26-40(59(54,34-16-8-29(49)9-17-34)35-18-10-30(50)11-19-35)43(45)44-41(27-25-39(48)46(44)58-33-6-4-3-5-7-33)60(55,36-20-12-31(51)13-21-36)37-22-14-32(52)15-23-37/h8-27,33H,2-7,28H2,1H3. The molecule has 0 aliphatic heterocycles. The Balaban J connectivity index is 1.67. The van der Waals surface area contributed by atoms with E-state index in [0.717, 1.165) is 67.8 Å². The lowest BCUT2D eigenvalue weighted by Gasteiger charge is -2.31. The monoisotopic (exact) mass is 894 g/mol. The third kappa shape index (κ3) is 8.67. The minimum atomic E-state index is -4.31. The van der Waals surface area contributed by atoms with Gasteiger partial charge in [-0.05, 0) is 154 Å². The fourth-order valence-corrected chi connectivity index (χ4v) is 13.5. The Morgan fingerprint density at radius 3 is 1.32 bits per heavy atom. The zero-order chi connectivity index (χ0) is 42.6. The van der Waals surface area contributed by atoms with Gasteiger partial charge in [0.2, 0.25) is 0 Å². The van der Waals surface area contributed by atoms with Crippen molar-refractivity contribution in [3.05, 3.63) is 155 Å². The normalized spacial score (nSPS) is 13.5. The second kappa shape index (κ2) is 18.4. The number of carbonyl (C=O) groups is 1.